The Morgan fingerprint density at radius 1 is 1.20 bits per heavy atom. The molecule has 7 nitrogen and oxygen atoms in total. The summed E-state index contributed by atoms with van der Waals surface area (Å²) in [6.07, 6.45) is 1.72. The van der Waals surface area contributed by atoms with Crippen LogP contribution in [-0.2, 0) is 13.1 Å². The first kappa shape index (κ1) is 16.9. The number of hydrogen-bond acceptors (Lipinski definition) is 5. The van der Waals surface area contributed by atoms with Gasteiger partial charge in [0.25, 0.3) is 0 Å². The van der Waals surface area contributed by atoms with Crippen molar-refractivity contribution in [2.24, 2.45) is 4.99 Å². The molecule has 0 bridgehead atoms. The highest BCUT2D eigenvalue weighted by Gasteiger charge is 2.13. The fourth-order valence-corrected chi connectivity index (χ4v) is 2.46. The fraction of sp³-hybridized carbons (Fsp3) is 0.333. The second-order valence-corrected chi connectivity index (χ2v) is 5.37. The molecule has 0 spiro atoms. The van der Waals surface area contributed by atoms with Crippen LogP contribution in [0, 0.1) is 0 Å². The van der Waals surface area contributed by atoms with Crippen molar-refractivity contribution >= 4 is 5.96 Å². The largest absolute Gasteiger partial charge is 0.478 e. The zero-order chi connectivity index (χ0) is 17.5. The lowest BCUT2D eigenvalue weighted by atomic mass is 10.2. The average molecular weight is 342 g/mol. The van der Waals surface area contributed by atoms with Crippen molar-refractivity contribution in [2.75, 3.05) is 20.4 Å². The van der Waals surface area contributed by atoms with Crippen LogP contribution in [0.15, 0.2) is 41.5 Å². The van der Waals surface area contributed by atoms with Crippen LogP contribution >= 0.6 is 0 Å². The molecule has 2 N–H and O–H groups in total. The van der Waals surface area contributed by atoms with E-state index >= 15 is 0 Å². The van der Waals surface area contributed by atoms with E-state index in [9.17, 15) is 0 Å². The molecule has 1 aliphatic rings. The maximum absolute atomic E-state index is 5.54. The van der Waals surface area contributed by atoms with E-state index in [4.69, 9.17) is 14.2 Å². The van der Waals surface area contributed by atoms with Gasteiger partial charge in [0, 0.05) is 31.9 Å². The number of guanidine groups is 1. The molecule has 0 unspecified atom stereocenters. The number of rotatable bonds is 6. The van der Waals surface area contributed by atoms with Gasteiger partial charge < -0.3 is 24.8 Å². The fourth-order valence-electron chi connectivity index (χ4n) is 2.46. The highest BCUT2D eigenvalue weighted by molar-refractivity contribution is 5.79. The van der Waals surface area contributed by atoms with Crippen molar-refractivity contribution in [3.8, 4) is 17.4 Å². The predicted molar refractivity (Wildman–Crippen MR) is 95.0 cm³/mol. The number of hydrogen-bond donors (Lipinski definition) is 2. The number of aromatic nitrogens is 1. The third-order valence-electron chi connectivity index (χ3n) is 3.70. The summed E-state index contributed by atoms with van der Waals surface area (Å²) < 4.78 is 16.3. The molecule has 0 fully saturated rings. The van der Waals surface area contributed by atoms with Crippen LogP contribution in [0.1, 0.15) is 18.1 Å². The van der Waals surface area contributed by atoms with Crippen LogP contribution in [0.2, 0.25) is 0 Å². The van der Waals surface area contributed by atoms with Gasteiger partial charge in [0.15, 0.2) is 17.5 Å². The Balaban J connectivity index is 1.55. The van der Waals surface area contributed by atoms with E-state index < -0.39 is 0 Å². The minimum absolute atomic E-state index is 0.280. The van der Waals surface area contributed by atoms with Gasteiger partial charge in [-0.3, -0.25) is 4.99 Å². The molecule has 25 heavy (non-hydrogen) atoms. The zero-order valence-corrected chi connectivity index (χ0v) is 14.4. The maximum Gasteiger partial charge on any atom is 0.231 e. The van der Waals surface area contributed by atoms with Crippen molar-refractivity contribution in [2.45, 2.75) is 20.0 Å². The second-order valence-electron chi connectivity index (χ2n) is 5.37. The maximum atomic E-state index is 5.54. The number of nitrogens with zero attached hydrogens (tertiary/aromatic N) is 2. The van der Waals surface area contributed by atoms with Gasteiger partial charge in [-0.1, -0.05) is 12.1 Å². The van der Waals surface area contributed by atoms with Crippen LogP contribution in [-0.4, -0.2) is 31.4 Å². The summed E-state index contributed by atoms with van der Waals surface area (Å²) in [5, 5.41) is 6.55. The molecule has 0 atom stereocenters. The second kappa shape index (κ2) is 8.23. The van der Waals surface area contributed by atoms with E-state index in [1.54, 1.807) is 13.2 Å². The topological polar surface area (TPSA) is 77.0 Å². The van der Waals surface area contributed by atoms with Crippen LogP contribution < -0.4 is 24.8 Å². The summed E-state index contributed by atoms with van der Waals surface area (Å²) in [6.45, 7) is 4.01. The molecule has 2 aromatic rings. The summed E-state index contributed by atoms with van der Waals surface area (Å²) in [4.78, 5) is 8.49. The highest BCUT2D eigenvalue weighted by atomic mass is 16.7. The van der Waals surface area contributed by atoms with E-state index in [0.29, 0.717) is 31.5 Å². The number of ether oxygens (including phenoxy) is 3. The first-order valence-corrected chi connectivity index (χ1v) is 8.20. The zero-order valence-electron chi connectivity index (χ0n) is 14.4. The standard InChI is InChI=1S/C18H22N4O3/c1-3-23-17-14(5-4-8-20-17)11-22-18(19-2)21-10-13-6-7-15-16(9-13)25-12-24-15/h4-9H,3,10-12H2,1-2H3,(H2,19,21,22). The van der Waals surface area contributed by atoms with Crippen molar-refractivity contribution in [1.29, 1.82) is 0 Å². The van der Waals surface area contributed by atoms with Crippen LogP contribution in [0.5, 0.6) is 17.4 Å². The van der Waals surface area contributed by atoms with Gasteiger partial charge in [-0.15, -0.1) is 0 Å². The van der Waals surface area contributed by atoms with Crippen molar-refractivity contribution < 1.29 is 14.2 Å². The van der Waals surface area contributed by atoms with Gasteiger partial charge in [-0.2, -0.15) is 0 Å². The summed E-state index contributed by atoms with van der Waals surface area (Å²) in [6, 6.07) is 9.76. The highest BCUT2D eigenvalue weighted by Crippen LogP contribution is 2.32. The van der Waals surface area contributed by atoms with Gasteiger partial charge in [0.05, 0.1) is 6.61 Å². The van der Waals surface area contributed by atoms with E-state index in [0.717, 1.165) is 22.6 Å². The molecule has 1 aromatic heterocycles. The molecule has 0 saturated heterocycles. The number of pyridine rings is 1. The lowest BCUT2D eigenvalue weighted by Gasteiger charge is -2.14. The molecular weight excluding hydrogens is 320 g/mol. The summed E-state index contributed by atoms with van der Waals surface area (Å²) in [5.74, 6) is 2.90. The van der Waals surface area contributed by atoms with Gasteiger partial charge in [-0.25, -0.2) is 4.98 Å². The first-order valence-electron chi connectivity index (χ1n) is 8.20. The van der Waals surface area contributed by atoms with E-state index in [1.165, 1.54) is 0 Å². The summed E-state index contributed by atoms with van der Waals surface area (Å²) in [7, 11) is 1.74. The van der Waals surface area contributed by atoms with Gasteiger partial charge in [0.2, 0.25) is 12.7 Å². The monoisotopic (exact) mass is 342 g/mol. The third kappa shape index (κ3) is 4.32. The molecule has 0 radical (unpaired) electrons. The molecule has 1 aromatic carbocycles. The molecular formula is C18H22N4O3. The quantitative estimate of drug-likeness (QED) is 0.618. The lowest BCUT2D eigenvalue weighted by Crippen LogP contribution is -2.36. The number of benzene rings is 1. The number of aliphatic imine (C=N–C) groups is 1. The number of fused-ring (bicyclic) bond motifs is 1. The van der Waals surface area contributed by atoms with Crippen molar-refractivity contribution in [3.63, 3.8) is 0 Å². The Bertz CT molecular complexity index is 749. The lowest BCUT2D eigenvalue weighted by molar-refractivity contribution is 0.174. The van der Waals surface area contributed by atoms with Crippen molar-refractivity contribution in [1.82, 2.24) is 15.6 Å². The Labute approximate surface area is 147 Å². The predicted octanol–water partition coefficient (Wildman–Crippen LogP) is 2.07. The Kier molecular flexibility index (Phi) is 5.56. The van der Waals surface area contributed by atoms with Crippen LogP contribution in [0.4, 0.5) is 0 Å². The van der Waals surface area contributed by atoms with Gasteiger partial charge >= 0.3 is 0 Å². The molecule has 0 amide bonds. The summed E-state index contributed by atoms with van der Waals surface area (Å²) in [5.41, 5.74) is 2.07. The normalized spacial score (nSPS) is 12.8. The minimum atomic E-state index is 0.280. The minimum Gasteiger partial charge on any atom is -0.478 e. The van der Waals surface area contributed by atoms with E-state index in [1.807, 2.05) is 37.3 Å². The SMILES string of the molecule is CCOc1ncccc1CNC(=NC)NCc1ccc2c(c1)OCO2. The Morgan fingerprint density at radius 3 is 2.88 bits per heavy atom. The Hall–Kier alpha value is -2.96. The molecule has 3 rings (SSSR count). The molecule has 0 saturated carbocycles. The third-order valence-corrected chi connectivity index (χ3v) is 3.70. The Morgan fingerprint density at radius 2 is 2.04 bits per heavy atom. The van der Waals surface area contributed by atoms with E-state index in [-0.39, 0.29) is 6.79 Å². The first-order chi connectivity index (χ1) is 12.3. The van der Waals surface area contributed by atoms with Crippen LogP contribution in [0.25, 0.3) is 0 Å². The summed E-state index contributed by atoms with van der Waals surface area (Å²) >= 11 is 0. The molecule has 132 valence electrons. The smallest absolute Gasteiger partial charge is 0.231 e. The molecule has 7 heteroatoms. The van der Waals surface area contributed by atoms with Gasteiger partial charge in [0.1, 0.15) is 0 Å². The molecule has 2 heterocycles. The molecule has 1 aliphatic heterocycles. The number of nitrogens with one attached hydrogen (secondary N) is 2. The average Bonchev–Trinajstić information content (AvgIpc) is 3.11. The van der Waals surface area contributed by atoms with Crippen molar-refractivity contribution in [3.05, 3.63) is 47.7 Å². The van der Waals surface area contributed by atoms with Crippen LogP contribution in [0.3, 0.4) is 0 Å². The molecule has 0 aliphatic carbocycles. The van der Waals surface area contributed by atoms with Gasteiger partial charge in [-0.05, 0) is 30.7 Å². The van der Waals surface area contributed by atoms with E-state index in [2.05, 4.69) is 20.6 Å².